The van der Waals surface area contributed by atoms with Crippen molar-refractivity contribution >= 4 is 17.6 Å². The van der Waals surface area contributed by atoms with E-state index in [0.717, 1.165) is 36.1 Å². The van der Waals surface area contributed by atoms with E-state index in [1.807, 2.05) is 54.6 Å². The summed E-state index contributed by atoms with van der Waals surface area (Å²) in [5, 5.41) is 11.5. The Morgan fingerprint density at radius 3 is 2.17 bits per heavy atom. The highest BCUT2D eigenvalue weighted by atomic mass is 16.4. The van der Waals surface area contributed by atoms with Crippen molar-refractivity contribution in [2.45, 2.75) is 38.5 Å². The molecular weight excluding hydrogens is 302 g/mol. The van der Waals surface area contributed by atoms with E-state index in [2.05, 4.69) is 5.32 Å². The summed E-state index contributed by atoms with van der Waals surface area (Å²) in [5.74, 6) is -0.760. The van der Waals surface area contributed by atoms with Crippen LogP contribution in [0.15, 0.2) is 54.6 Å². The molecule has 0 spiro atoms. The number of carbonyl (C=O) groups excluding carboxylic acids is 1. The quantitative estimate of drug-likeness (QED) is 0.656. The molecule has 0 aliphatic rings. The molecule has 0 saturated carbocycles. The number of unbranched alkanes of at least 4 members (excludes halogenated alkanes) is 3. The van der Waals surface area contributed by atoms with Crippen molar-refractivity contribution < 1.29 is 14.7 Å². The highest BCUT2D eigenvalue weighted by molar-refractivity contribution is 5.91. The average Bonchev–Trinajstić information content (AvgIpc) is 2.59. The number of rotatable bonds is 9. The number of hydrogen-bond acceptors (Lipinski definition) is 2. The first kappa shape index (κ1) is 17.7. The topological polar surface area (TPSA) is 66.4 Å². The molecule has 0 fully saturated rings. The van der Waals surface area contributed by atoms with Gasteiger partial charge in [-0.1, -0.05) is 55.3 Å². The first-order chi connectivity index (χ1) is 11.6. The van der Waals surface area contributed by atoms with Gasteiger partial charge in [-0.2, -0.15) is 0 Å². The minimum absolute atomic E-state index is 0.00144. The smallest absolute Gasteiger partial charge is 0.303 e. The highest BCUT2D eigenvalue weighted by Gasteiger charge is 2.04. The Balaban J connectivity index is 1.77. The van der Waals surface area contributed by atoms with Gasteiger partial charge in [-0.3, -0.25) is 9.59 Å². The van der Waals surface area contributed by atoms with Gasteiger partial charge in [0.05, 0.1) is 0 Å². The Kier molecular flexibility index (Phi) is 7.02. The molecule has 2 aromatic carbocycles. The monoisotopic (exact) mass is 325 g/mol. The summed E-state index contributed by atoms with van der Waals surface area (Å²) in [4.78, 5) is 22.4. The first-order valence-electron chi connectivity index (χ1n) is 8.32. The third kappa shape index (κ3) is 6.24. The molecular formula is C20H23NO3. The number of nitrogens with one attached hydrogen (secondary N) is 1. The average molecular weight is 325 g/mol. The van der Waals surface area contributed by atoms with Crippen LogP contribution >= 0.6 is 0 Å². The molecule has 24 heavy (non-hydrogen) atoms. The maximum absolute atomic E-state index is 12.0. The summed E-state index contributed by atoms with van der Waals surface area (Å²) in [6.07, 6.45) is 3.86. The Labute approximate surface area is 142 Å². The second-order valence-corrected chi connectivity index (χ2v) is 5.80. The molecule has 0 radical (unpaired) electrons. The lowest BCUT2D eigenvalue weighted by molar-refractivity contribution is -0.137. The van der Waals surface area contributed by atoms with Gasteiger partial charge in [0, 0.05) is 18.5 Å². The van der Waals surface area contributed by atoms with Gasteiger partial charge in [0.25, 0.3) is 0 Å². The predicted molar refractivity (Wildman–Crippen MR) is 95.8 cm³/mol. The fraction of sp³-hybridized carbons (Fsp3) is 0.300. The Morgan fingerprint density at radius 2 is 1.46 bits per heavy atom. The molecule has 0 atom stereocenters. The van der Waals surface area contributed by atoms with Gasteiger partial charge in [0.15, 0.2) is 0 Å². The maximum Gasteiger partial charge on any atom is 0.303 e. The molecule has 0 aromatic heterocycles. The number of amides is 1. The van der Waals surface area contributed by atoms with E-state index in [1.165, 1.54) is 0 Å². The number of aliphatic carboxylic acids is 1. The lowest BCUT2D eigenvalue weighted by Gasteiger charge is -2.08. The lowest BCUT2D eigenvalue weighted by Crippen LogP contribution is -2.11. The van der Waals surface area contributed by atoms with E-state index in [0.29, 0.717) is 12.8 Å². The molecule has 2 rings (SSSR count). The van der Waals surface area contributed by atoms with Crippen LogP contribution in [-0.2, 0) is 9.59 Å². The third-order valence-electron chi connectivity index (χ3n) is 3.80. The fourth-order valence-electron chi connectivity index (χ4n) is 2.55. The fourth-order valence-corrected chi connectivity index (χ4v) is 2.55. The van der Waals surface area contributed by atoms with Crippen molar-refractivity contribution in [1.29, 1.82) is 0 Å². The lowest BCUT2D eigenvalue weighted by atomic mass is 10.1. The van der Waals surface area contributed by atoms with Crippen molar-refractivity contribution in [1.82, 2.24) is 0 Å². The Morgan fingerprint density at radius 1 is 0.792 bits per heavy atom. The summed E-state index contributed by atoms with van der Waals surface area (Å²) >= 11 is 0. The van der Waals surface area contributed by atoms with Crippen LogP contribution in [0.25, 0.3) is 11.1 Å². The molecule has 126 valence electrons. The molecule has 0 heterocycles. The molecule has 4 nitrogen and oxygen atoms in total. The van der Waals surface area contributed by atoms with Gasteiger partial charge in [-0.25, -0.2) is 0 Å². The van der Waals surface area contributed by atoms with E-state index in [1.54, 1.807) is 0 Å². The number of anilines is 1. The molecule has 0 unspecified atom stereocenters. The molecule has 0 saturated heterocycles. The molecule has 2 N–H and O–H groups in total. The van der Waals surface area contributed by atoms with Crippen LogP contribution in [0.5, 0.6) is 0 Å². The first-order valence-corrected chi connectivity index (χ1v) is 8.32. The zero-order chi connectivity index (χ0) is 17.2. The van der Waals surface area contributed by atoms with Crippen molar-refractivity contribution in [3.8, 4) is 11.1 Å². The number of carboxylic acids is 1. The number of hydrogen-bond donors (Lipinski definition) is 2. The minimum atomic E-state index is -0.758. The van der Waals surface area contributed by atoms with Crippen LogP contribution in [0.2, 0.25) is 0 Å². The standard InChI is InChI=1S/C20H23NO3/c22-19(13-6-1-2-7-14-20(23)24)21-18-12-8-11-17(15-18)16-9-4-3-5-10-16/h3-5,8-12,15H,1-2,6-7,13-14H2,(H,21,22)(H,23,24). The molecule has 1 amide bonds. The van der Waals surface area contributed by atoms with Crippen LogP contribution in [0.3, 0.4) is 0 Å². The van der Waals surface area contributed by atoms with Gasteiger partial charge >= 0.3 is 5.97 Å². The Hall–Kier alpha value is -2.62. The van der Waals surface area contributed by atoms with Gasteiger partial charge in [-0.05, 0) is 36.1 Å². The van der Waals surface area contributed by atoms with E-state index >= 15 is 0 Å². The molecule has 2 aromatic rings. The van der Waals surface area contributed by atoms with Crippen LogP contribution < -0.4 is 5.32 Å². The zero-order valence-corrected chi connectivity index (χ0v) is 13.7. The van der Waals surface area contributed by atoms with E-state index in [4.69, 9.17) is 5.11 Å². The zero-order valence-electron chi connectivity index (χ0n) is 13.7. The highest BCUT2D eigenvalue weighted by Crippen LogP contribution is 2.22. The van der Waals surface area contributed by atoms with Gasteiger partial charge in [0.2, 0.25) is 5.91 Å². The molecule has 0 aliphatic carbocycles. The second-order valence-electron chi connectivity index (χ2n) is 5.80. The van der Waals surface area contributed by atoms with Crippen LogP contribution in [0.4, 0.5) is 5.69 Å². The van der Waals surface area contributed by atoms with Crippen LogP contribution in [0.1, 0.15) is 38.5 Å². The SMILES string of the molecule is O=C(O)CCCCCCC(=O)Nc1cccc(-c2ccccc2)c1. The summed E-state index contributed by atoms with van der Waals surface area (Å²) in [5.41, 5.74) is 2.99. The largest absolute Gasteiger partial charge is 0.481 e. The van der Waals surface area contributed by atoms with Gasteiger partial charge in [-0.15, -0.1) is 0 Å². The van der Waals surface area contributed by atoms with Crippen molar-refractivity contribution in [3.05, 3.63) is 54.6 Å². The van der Waals surface area contributed by atoms with E-state index in [-0.39, 0.29) is 12.3 Å². The molecule has 0 bridgehead atoms. The normalized spacial score (nSPS) is 10.3. The van der Waals surface area contributed by atoms with E-state index < -0.39 is 5.97 Å². The van der Waals surface area contributed by atoms with Gasteiger partial charge < -0.3 is 10.4 Å². The molecule has 0 aliphatic heterocycles. The summed E-state index contributed by atoms with van der Waals surface area (Å²) < 4.78 is 0. The Bertz CT molecular complexity index is 668. The van der Waals surface area contributed by atoms with Crippen LogP contribution in [-0.4, -0.2) is 17.0 Å². The van der Waals surface area contributed by atoms with Crippen molar-refractivity contribution in [2.75, 3.05) is 5.32 Å². The molecule has 4 heteroatoms. The maximum atomic E-state index is 12.0. The minimum Gasteiger partial charge on any atom is -0.481 e. The second kappa shape index (κ2) is 9.50. The van der Waals surface area contributed by atoms with Crippen molar-refractivity contribution in [3.63, 3.8) is 0 Å². The predicted octanol–water partition coefficient (Wildman–Crippen LogP) is 4.72. The summed E-state index contributed by atoms with van der Waals surface area (Å²) in [6.45, 7) is 0. The van der Waals surface area contributed by atoms with Crippen LogP contribution in [0, 0.1) is 0 Å². The number of carbonyl (C=O) groups is 2. The summed E-state index contributed by atoms with van der Waals surface area (Å²) in [7, 11) is 0. The van der Waals surface area contributed by atoms with E-state index in [9.17, 15) is 9.59 Å². The summed E-state index contributed by atoms with van der Waals surface area (Å²) in [6, 6.07) is 17.9. The van der Waals surface area contributed by atoms with Crippen molar-refractivity contribution in [2.24, 2.45) is 0 Å². The number of carboxylic acid groups (broad SMARTS) is 1. The number of benzene rings is 2. The third-order valence-corrected chi connectivity index (χ3v) is 3.80. The van der Waals surface area contributed by atoms with Gasteiger partial charge in [0.1, 0.15) is 0 Å².